The van der Waals surface area contributed by atoms with Crippen LogP contribution in [0.1, 0.15) is 5.56 Å². The van der Waals surface area contributed by atoms with Crippen molar-refractivity contribution in [3.05, 3.63) is 42.0 Å². The topological polar surface area (TPSA) is 104 Å². The smallest absolute Gasteiger partial charge is 0.148 e. The monoisotopic (exact) mass is 344 g/mol. The molecule has 0 bridgehead atoms. The van der Waals surface area contributed by atoms with Gasteiger partial charge in [0.25, 0.3) is 0 Å². The van der Waals surface area contributed by atoms with Crippen molar-refractivity contribution in [3.8, 4) is 5.75 Å². The predicted molar refractivity (Wildman–Crippen MR) is 99.1 cm³/mol. The van der Waals surface area contributed by atoms with E-state index in [-0.39, 0.29) is 13.2 Å². The number of benzene rings is 2. The fraction of sp³-hybridized carbons (Fsp3) is 0.333. The summed E-state index contributed by atoms with van der Waals surface area (Å²) in [5, 5.41) is 26.8. The lowest BCUT2D eigenvalue weighted by molar-refractivity contribution is 0.281. The molecule has 0 heterocycles. The van der Waals surface area contributed by atoms with E-state index in [1.807, 2.05) is 30.0 Å². The molecule has 0 aliphatic carbocycles. The summed E-state index contributed by atoms with van der Waals surface area (Å²) in [7, 11) is 1.56. The standard InChI is InChI=1S/C18H24N4O3/c1-13-11-15(22(7-9-23)8-10-24)4-6-16(13)20-21-17-5-3-14(19)12-18(17)25-2/h3-6,11-12,23-24H,7-10,19H2,1-2H3. The van der Waals surface area contributed by atoms with Gasteiger partial charge in [0.05, 0.1) is 26.0 Å². The van der Waals surface area contributed by atoms with E-state index in [2.05, 4.69) is 10.2 Å². The number of aliphatic hydroxyl groups is 2. The van der Waals surface area contributed by atoms with Crippen molar-refractivity contribution >= 4 is 22.7 Å². The molecule has 0 aliphatic rings. The van der Waals surface area contributed by atoms with Gasteiger partial charge in [0.2, 0.25) is 0 Å². The number of azo groups is 1. The van der Waals surface area contributed by atoms with Gasteiger partial charge in [-0.1, -0.05) is 0 Å². The first kappa shape index (κ1) is 18.7. The van der Waals surface area contributed by atoms with E-state index in [9.17, 15) is 0 Å². The van der Waals surface area contributed by atoms with Gasteiger partial charge in [-0.15, -0.1) is 5.11 Å². The number of nitrogens with zero attached hydrogens (tertiary/aromatic N) is 3. The molecule has 134 valence electrons. The summed E-state index contributed by atoms with van der Waals surface area (Å²) in [6.45, 7) is 2.91. The number of aryl methyl sites for hydroxylation is 1. The van der Waals surface area contributed by atoms with Crippen molar-refractivity contribution < 1.29 is 14.9 Å². The largest absolute Gasteiger partial charge is 0.494 e. The van der Waals surface area contributed by atoms with E-state index in [1.54, 1.807) is 25.3 Å². The molecule has 0 saturated carbocycles. The van der Waals surface area contributed by atoms with E-state index >= 15 is 0 Å². The van der Waals surface area contributed by atoms with Crippen molar-refractivity contribution in [1.29, 1.82) is 0 Å². The molecule has 7 nitrogen and oxygen atoms in total. The maximum Gasteiger partial charge on any atom is 0.148 e. The number of rotatable bonds is 8. The minimum atomic E-state index is 0.0252. The molecule has 7 heteroatoms. The molecule has 0 amide bonds. The summed E-state index contributed by atoms with van der Waals surface area (Å²) in [5.74, 6) is 0.565. The van der Waals surface area contributed by atoms with E-state index in [4.69, 9.17) is 20.7 Å². The van der Waals surface area contributed by atoms with Crippen molar-refractivity contribution in [2.75, 3.05) is 44.0 Å². The van der Waals surface area contributed by atoms with Crippen molar-refractivity contribution in [2.24, 2.45) is 10.2 Å². The maximum atomic E-state index is 9.15. The molecule has 2 rings (SSSR count). The zero-order valence-electron chi connectivity index (χ0n) is 14.5. The predicted octanol–water partition coefficient (Wildman–Crippen LogP) is 2.79. The quantitative estimate of drug-likeness (QED) is 0.505. The Labute approximate surface area is 147 Å². The van der Waals surface area contributed by atoms with Crippen LogP contribution in [-0.4, -0.2) is 43.6 Å². The number of ether oxygens (including phenoxy) is 1. The molecule has 0 unspecified atom stereocenters. The molecule has 0 aromatic heterocycles. The lowest BCUT2D eigenvalue weighted by Crippen LogP contribution is -2.29. The van der Waals surface area contributed by atoms with Gasteiger partial charge < -0.3 is 25.6 Å². The molecule has 4 N–H and O–H groups in total. The summed E-state index contributed by atoms with van der Waals surface area (Å²) in [4.78, 5) is 1.91. The average molecular weight is 344 g/mol. The number of nitrogens with two attached hydrogens (primary N) is 1. The average Bonchev–Trinajstić information content (AvgIpc) is 2.61. The summed E-state index contributed by atoms with van der Waals surface area (Å²) < 4.78 is 5.26. The third-order valence-corrected chi connectivity index (χ3v) is 3.75. The highest BCUT2D eigenvalue weighted by molar-refractivity contribution is 5.60. The fourth-order valence-corrected chi connectivity index (χ4v) is 2.44. The van der Waals surface area contributed by atoms with E-state index < -0.39 is 0 Å². The highest BCUT2D eigenvalue weighted by atomic mass is 16.5. The second-order valence-electron chi connectivity index (χ2n) is 5.54. The summed E-state index contributed by atoms with van der Waals surface area (Å²) in [5.41, 5.74) is 9.53. The van der Waals surface area contributed by atoms with E-state index in [0.717, 1.165) is 16.9 Å². The van der Waals surface area contributed by atoms with Gasteiger partial charge in [-0.2, -0.15) is 5.11 Å². The van der Waals surface area contributed by atoms with Crippen LogP contribution >= 0.6 is 0 Å². The first-order valence-electron chi connectivity index (χ1n) is 8.01. The molecule has 0 atom stereocenters. The highest BCUT2D eigenvalue weighted by Crippen LogP contribution is 2.32. The Bertz CT molecular complexity index is 728. The Morgan fingerprint density at radius 1 is 1.00 bits per heavy atom. The summed E-state index contributed by atoms with van der Waals surface area (Å²) >= 11 is 0. The van der Waals surface area contributed by atoms with Gasteiger partial charge in [-0.05, 0) is 42.8 Å². The molecule has 2 aromatic carbocycles. The maximum absolute atomic E-state index is 9.15. The number of hydrogen-bond acceptors (Lipinski definition) is 7. The van der Waals surface area contributed by atoms with Gasteiger partial charge in [-0.25, -0.2) is 0 Å². The molecule has 25 heavy (non-hydrogen) atoms. The Morgan fingerprint density at radius 3 is 2.24 bits per heavy atom. The highest BCUT2D eigenvalue weighted by Gasteiger charge is 2.08. The van der Waals surface area contributed by atoms with E-state index in [1.165, 1.54) is 0 Å². The minimum Gasteiger partial charge on any atom is -0.494 e. The zero-order valence-corrected chi connectivity index (χ0v) is 14.5. The Morgan fingerprint density at radius 2 is 1.64 bits per heavy atom. The number of methoxy groups -OCH3 is 1. The number of aliphatic hydroxyl groups excluding tert-OH is 2. The fourth-order valence-electron chi connectivity index (χ4n) is 2.44. The van der Waals surface area contributed by atoms with Crippen molar-refractivity contribution in [1.82, 2.24) is 0 Å². The lowest BCUT2D eigenvalue weighted by atomic mass is 10.1. The first-order chi connectivity index (χ1) is 12.1. The van der Waals surface area contributed by atoms with Crippen LogP contribution in [0.4, 0.5) is 22.7 Å². The Balaban J connectivity index is 2.23. The molecular weight excluding hydrogens is 320 g/mol. The van der Waals surface area contributed by atoms with Crippen LogP contribution in [0.5, 0.6) is 5.75 Å². The second kappa shape index (κ2) is 9.00. The van der Waals surface area contributed by atoms with Crippen LogP contribution in [0.3, 0.4) is 0 Å². The Kier molecular flexibility index (Phi) is 6.73. The van der Waals surface area contributed by atoms with Gasteiger partial charge in [0.1, 0.15) is 11.4 Å². The number of anilines is 2. The van der Waals surface area contributed by atoms with Gasteiger partial charge >= 0.3 is 0 Å². The zero-order chi connectivity index (χ0) is 18.2. The van der Waals surface area contributed by atoms with Crippen molar-refractivity contribution in [2.45, 2.75) is 6.92 Å². The van der Waals surface area contributed by atoms with Gasteiger partial charge in [-0.3, -0.25) is 0 Å². The normalized spacial score (nSPS) is 11.0. The van der Waals surface area contributed by atoms with Gasteiger partial charge in [0, 0.05) is 30.5 Å². The number of hydrogen-bond donors (Lipinski definition) is 3. The first-order valence-corrected chi connectivity index (χ1v) is 8.01. The van der Waals surface area contributed by atoms with Crippen LogP contribution in [0.15, 0.2) is 46.6 Å². The summed E-state index contributed by atoms with van der Waals surface area (Å²) in [6.07, 6.45) is 0. The molecule has 0 saturated heterocycles. The molecule has 0 radical (unpaired) electrons. The van der Waals surface area contributed by atoms with Crippen LogP contribution < -0.4 is 15.4 Å². The van der Waals surface area contributed by atoms with Crippen LogP contribution in [0.2, 0.25) is 0 Å². The third-order valence-electron chi connectivity index (χ3n) is 3.75. The SMILES string of the molecule is COc1cc(N)ccc1N=Nc1ccc(N(CCO)CCO)cc1C. The third kappa shape index (κ3) is 4.91. The summed E-state index contributed by atoms with van der Waals surface area (Å²) in [6, 6.07) is 10.9. The molecule has 0 aliphatic heterocycles. The van der Waals surface area contributed by atoms with Gasteiger partial charge in [0.15, 0.2) is 0 Å². The molecular formula is C18H24N4O3. The second-order valence-corrected chi connectivity index (χ2v) is 5.54. The minimum absolute atomic E-state index is 0.0252. The van der Waals surface area contributed by atoms with Crippen molar-refractivity contribution in [3.63, 3.8) is 0 Å². The number of nitrogen functional groups attached to an aromatic ring is 1. The molecule has 0 spiro atoms. The lowest BCUT2D eigenvalue weighted by Gasteiger charge is -2.23. The molecule has 2 aromatic rings. The van der Waals surface area contributed by atoms with Crippen LogP contribution in [-0.2, 0) is 0 Å². The van der Waals surface area contributed by atoms with E-state index in [0.29, 0.717) is 30.2 Å². The molecule has 0 fully saturated rings. The van der Waals surface area contributed by atoms with Crippen LogP contribution in [0, 0.1) is 6.92 Å². The van der Waals surface area contributed by atoms with Crippen LogP contribution in [0.25, 0.3) is 0 Å². The Hall–Kier alpha value is -2.64.